The molecule has 0 aromatic carbocycles. The number of rotatable bonds is 0. The van der Waals surface area contributed by atoms with Gasteiger partial charge in [-0.05, 0) is 44.9 Å². The maximum Gasteiger partial charge on any atom is 0.190 e. The molecule has 2 heterocycles. The number of aliphatic hydroxyl groups is 1. The van der Waals surface area contributed by atoms with E-state index >= 15 is 0 Å². The largest absolute Gasteiger partial charge is 0.384 e. The Kier molecular flexibility index (Phi) is 1.62. The van der Waals surface area contributed by atoms with Crippen molar-refractivity contribution < 1.29 is 19.3 Å². The van der Waals surface area contributed by atoms with Crippen molar-refractivity contribution in [3.05, 3.63) is 0 Å². The summed E-state index contributed by atoms with van der Waals surface area (Å²) in [5.41, 5.74) is -0.801. The number of ether oxygens (including phenoxy) is 3. The summed E-state index contributed by atoms with van der Waals surface area (Å²) in [6.07, 6.45) is 2.51. The summed E-state index contributed by atoms with van der Waals surface area (Å²) in [5.74, 6) is 0.548. The molecule has 0 aromatic rings. The Labute approximate surface area is 94.9 Å². The van der Waals surface area contributed by atoms with E-state index in [2.05, 4.69) is 0 Å². The highest BCUT2D eigenvalue weighted by Crippen LogP contribution is 2.59. The van der Waals surface area contributed by atoms with Gasteiger partial charge in [0.05, 0.1) is 6.10 Å². The zero-order chi connectivity index (χ0) is 11.1. The monoisotopic (exact) mass is 226 g/mol. The lowest BCUT2D eigenvalue weighted by atomic mass is 9.75. The normalized spacial score (nSPS) is 61.3. The van der Waals surface area contributed by atoms with Gasteiger partial charge in [-0.1, -0.05) is 0 Å². The summed E-state index contributed by atoms with van der Waals surface area (Å²) in [7, 11) is 0. The Morgan fingerprint density at radius 3 is 2.62 bits per heavy atom. The number of hydrogen-bond donors (Lipinski definition) is 1. The van der Waals surface area contributed by atoms with Crippen molar-refractivity contribution in [1.29, 1.82) is 0 Å². The van der Waals surface area contributed by atoms with Crippen LogP contribution in [-0.4, -0.2) is 35.0 Å². The molecule has 2 saturated heterocycles. The van der Waals surface area contributed by atoms with Crippen molar-refractivity contribution in [2.75, 3.05) is 0 Å². The average Bonchev–Trinajstić information content (AvgIpc) is 2.62. The van der Waals surface area contributed by atoms with Gasteiger partial charge in [-0.15, -0.1) is 0 Å². The molecule has 2 saturated carbocycles. The molecule has 6 atom stereocenters. The van der Waals surface area contributed by atoms with Crippen LogP contribution in [0.3, 0.4) is 0 Å². The first-order valence-electron chi connectivity index (χ1n) is 6.23. The van der Waals surface area contributed by atoms with Crippen molar-refractivity contribution in [2.24, 2.45) is 11.8 Å². The van der Waals surface area contributed by atoms with E-state index in [1.807, 2.05) is 13.8 Å². The molecule has 0 spiro atoms. The highest BCUT2D eigenvalue weighted by Gasteiger charge is 2.70. The van der Waals surface area contributed by atoms with Crippen molar-refractivity contribution >= 4 is 0 Å². The van der Waals surface area contributed by atoms with Gasteiger partial charge in [-0.25, -0.2) is 0 Å². The fraction of sp³-hybridized carbons (Fsp3) is 1.00. The Hall–Kier alpha value is -0.160. The van der Waals surface area contributed by atoms with E-state index < -0.39 is 11.4 Å². The van der Waals surface area contributed by atoms with E-state index in [9.17, 15) is 5.11 Å². The fourth-order valence-electron chi connectivity index (χ4n) is 3.96. The first-order valence-corrected chi connectivity index (χ1v) is 6.23. The minimum Gasteiger partial charge on any atom is -0.384 e. The molecule has 0 amide bonds. The summed E-state index contributed by atoms with van der Waals surface area (Å²) in [6.45, 7) is 3.74. The summed E-state index contributed by atoms with van der Waals surface area (Å²) in [4.78, 5) is 0. The molecule has 0 aromatic heterocycles. The maximum atomic E-state index is 10.8. The molecule has 4 heteroatoms. The molecule has 0 unspecified atom stereocenters. The van der Waals surface area contributed by atoms with E-state index in [-0.39, 0.29) is 18.5 Å². The standard InChI is InChI=1S/C12H18O4/c1-11(2)15-9-10(16-11)14-8-7-4-3-6(7)5-12(8,9)13/h6-10,13H,3-5H2,1-2H3/t6-,7-,8-,9+,10-,12-/m1/s1. The van der Waals surface area contributed by atoms with Gasteiger partial charge in [-0.3, -0.25) is 0 Å². The molecule has 4 aliphatic rings. The number of fused-ring (bicyclic) bond motifs is 5. The van der Waals surface area contributed by atoms with E-state index in [0.29, 0.717) is 11.8 Å². The molecule has 4 rings (SSSR count). The lowest BCUT2D eigenvalue weighted by molar-refractivity contribution is -0.229. The van der Waals surface area contributed by atoms with Gasteiger partial charge in [0.2, 0.25) is 0 Å². The second-order valence-electron chi connectivity index (χ2n) is 6.18. The molecular weight excluding hydrogens is 208 g/mol. The lowest BCUT2D eigenvalue weighted by Crippen LogP contribution is -2.46. The van der Waals surface area contributed by atoms with Crippen LogP contribution in [-0.2, 0) is 14.2 Å². The molecule has 0 radical (unpaired) electrons. The predicted octanol–water partition coefficient (Wildman–Crippen LogP) is 1.02. The molecule has 16 heavy (non-hydrogen) atoms. The third-order valence-electron chi connectivity index (χ3n) is 4.78. The van der Waals surface area contributed by atoms with Crippen LogP contribution in [0.1, 0.15) is 33.1 Å². The summed E-state index contributed by atoms with van der Waals surface area (Å²) in [5, 5.41) is 10.8. The van der Waals surface area contributed by atoms with Crippen LogP contribution >= 0.6 is 0 Å². The summed E-state index contributed by atoms with van der Waals surface area (Å²) < 4.78 is 17.4. The average molecular weight is 226 g/mol. The Morgan fingerprint density at radius 1 is 1.12 bits per heavy atom. The molecule has 2 aliphatic heterocycles. The van der Waals surface area contributed by atoms with Crippen molar-refractivity contribution in [1.82, 2.24) is 0 Å². The quantitative estimate of drug-likeness (QED) is 0.670. The minimum atomic E-state index is -0.801. The molecular formula is C12H18O4. The second kappa shape index (κ2) is 2.64. The van der Waals surface area contributed by atoms with Crippen LogP contribution in [0.4, 0.5) is 0 Å². The molecule has 4 nitrogen and oxygen atoms in total. The fourth-order valence-corrected chi connectivity index (χ4v) is 3.96. The van der Waals surface area contributed by atoms with E-state index in [0.717, 1.165) is 6.42 Å². The minimum absolute atomic E-state index is 0.0580. The maximum absolute atomic E-state index is 10.8. The highest BCUT2D eigenvalue weighted by atomic mass is 16.8. The third-order valence-corrected chi connectivity index (χ3v) is 4.78. The zero-order valence-electron chi connectivity index (χ0n) is 9.68. The summed E-state index contributed by atoms with van der Waals surface area (Å²) in [6, 6.07) is 0. The van der Waals surface area contributed by atoms with Gasteiger partial charge in [0, 0.05) is 0 Å². The van der Waals surface area contributed by atoms with Crippen LogP contribution in [0.2, 0.25) is 0 Å². The summed E-state index contributed by atoms with van der Waals surface area (Å²) >= 11 is 0. The second-order valence-corrected chi connectivity index (χ2v) is 6.18. The SMILES string of the molecule is CC1(C)O[C@H]2O[C@@H]3[C@@H]4CC[C@@H]4C[C@]3(O)[C@H]2O1. The number of hydrogen-bond acceptors (Lipinski definition) is 4. The smallest absolute Gasteiger partial charge is 0.190 e. The van der Waals surface area contributed by atoms with Crippen LogP contribution < -0.4 is 0 Å². The molecule has 2 aliphatic carbocycles. The van der Waals surface area contributed by atoms with E-state index in [1.54, 1.807) is 0 Å². The first-order chi connectivity index (χ1) is 7.50. The van der Waals surface area contributed by atoms with Crippen molar-refractivity contribution in [3.8, 4) is 0 Å². The van der Waals surface area contributed by atoms with Crippen molar-refractivity contribution in [2.45, 2.75) is 63.0 Å². The highest BCUT2D eigenvalue weighted by molar-refractivity contribution is 5.15. The van der Waals surface area contributed by atoms with Gasteiger partial charge < -0.3 is 19.3 Å². The Bertz CT molecular complexity index is 342. The van der Waals surface area contributed by atoms with Crippen LogP contribution in [0.25, 0.3) is 0 Å². The Balaban J connectivity index is 1.67. The van der Waals surface area contributed by atoms with Gasteiger partial charge in [0.15, 0.2) is 12.1 Å². The predicted molar refractivity (Wildman–Crippen MR) is 54.5 cm³/mol. The van der Waals surface area contributed by atoms with Gasteiger partial charge in [-0.2, -0.15) is 0 Å². The van der Waals surface area contributed by atoms with E-state index in [1.165, 1.54) is 12.8 Å². The first kappa shape index (κ1) is 9.83. The molecule has 0 bridgehead atoms. The Morgan fingerprint density at radius 2 is 1.94 bits per heavy atom. The van der Waals surface area contributed by atoms with Gasteiger partial charge in [0.25, 0.3) is 0 Å². The zero-order valence-corrected chi connectivity index (χ0v) is 9.68. The van der Waals surface area contributed by atoms with Crippen LogP contribution in [0, 0.1) is 11.8 Å². The molecule has 90 valence electrons. The topological polar surface area (TPSA) is 47.9 Å². The van der Waals surface area contributed by atoms with E-state index in [4.69, 9.17) is 14.2 Å². The lowest BCUT2D eigenvalue weighted by Gasteiger charge is -2.33. The third kappa shape index (κ3) is 0.997. The van der Waals surface area contributed by atoms with Gasteiger partial charge >= 0.3 is 0 Å². The molecule has 4 fully saturated rings. The van der Waals surface area contributed by atoms with Crippen LogP contribution in [0.5, 0.6) is 0 Å². The molecule has 1 N–H and O–H groups in total. The van der Waals surface area contributed by atoms with Crippen molar-refractivity contribution in [3.63, 3.8) is 0 Å². The van der Waals surface area contributed by atoms with Crippen LogP contribution in [0.15, 0.2) is 0 Å². The van der Waals surface area contributed by atoms with Gasteiger partial charge in [0.1, 0.15) is 11.7 Å².